The number of rotatable bonds is 8. The first-order valence-electron chi connectivity index (χ1n) is 11.1. The molecule has 0 radical (unpaired) electrons. The Morgan fingerprint density at radius 3 is 2.32 bits per heavy atom. The molecule has 34 heavy (non-hydrogen) atoms. The maximum atomic E-state index is 13.6. The van der Waals surface area contributed by atoms with Crippen molar-refractivity contribution in [2.75, 3.05) is 19.2 Å². The number of ether oxygens (including phenoxy) is 2. The zero-order valence-electron chi connectivity index (χ0n) is 19.4. The number of hydrogen-bond acceptors (Lipinski definition) is 6. The average Bonchev–Trinajstić information content (AvgIpc) is 3.27. The molecule has 1 N–H and O–H groups in total. The molecular formula is C26H27N3O5. The van der Waals surface area contributed by atoms with Crippen molar-refractivity contribution >= 4 is 17.3 Å². The van der Waals surface area contributed by atoms with Crippen LogP contribution in [0, 0.1) is 10.1 Å². The van der Waals surface area contributed by atoms with Gasteiger partial charge in [-0.2, -0.15) is 0 Å². The Hall–Kier alpha value is -3.91. The highest BCUT2D eigenvalue weighted by molar-refractivity contribution is 5.96. The fourth-order valence-electron chi connectivity index (χ4n) is 4.03. The second-order valence-corrected chi connectivity index (χ2v) is 8.59. The van der Waals surface area contributed by atoms with E-state index in [4.69, 9.17) is 9.47 Å². The predicted octanol–water partition coefficient (Wildman–Crippen LogP) is 5.26. The number of hydrogen-bond donors (Lipinski definition) is 1. The van der Waals surface area contributed by atoms with Crippen LogP contribution < -0.4 is 14.8 Å². The van der Waals surface area contributed by atoms with Crippen LogP contribution in [-0.4, -0.2) is 29.6 Å². The van der Waals surface area contributed by atoms with E-state index < -0.39 is 11.0 Å². The molecule has 0 aromatic heterocycles. The number of nitro benzene ring substituents is 1. The van der Waals surface area contributed by atoms with Crippen LogP contribution in [0.1, 0.15) is 42.5 Å². The number of amides is 1. The SMILES string of the molecule is CC(C)c1ccc(NC(=O)C(c2cc3c(cc2[N+](=O)[O-])OCO3)N(C)Cc2ccccc2)cc1. The van der Waals surface area contributed by atoms with Crippen molar-refractivity contribution in [3.8, 4) is 11.5 Å². The highest BCUT2D eigenvalue weighted by Crippen LogP contribution is 2.42. The zero-order chi connectivity index (χ0) is 24.2. The molecule has 1 heterocycles. The Balaban J connectivity index is 1.71. The normalized spacial score (nSPS) is 13.2. The summed E-state index contributed by atoms with van der Waals surface area (Å²) in [6, 6.07) is 19.2. The first kappa shape index (κ1) is 23.3. The second-order valence-electron chi connectivity index (χ2n) is 8.59. The van der Waals surface area contributed by atoms with E-state index in [2.05, 4.69) is 19.2 Å². The molecule has 1 unspecified atom stereocenters. The molecule has 4 rings (SSSR count). The predicted molar refractivity (Wildman–Crippen MR) is 129 cm³/mol. The lowest BCUT2D eigenvalue weighted by Gasteiger charge is -2.27. The number of carbonyl (C=O) groups is 1. The van der Waals surface area contributed by atoms with Gasteiger partial charge in [0.05, 0.1) is 16.6 Å². The standard InChI is InChI=1S/C26H27N3O5/c1-17(2)19-9-11-20(12-10-19)27-26(30)25(28(3)15-18-7-5-4-6-8-18)21-13-23-24(34-16-33-23)14-22(21)29(31)32/h4-14,17,25H,15-16H2,1-3H3,(H,27,30). The number of fused-ring (bicyclic) bond motifs is 1. The number of nitro groups is 1. The fraction of sp³-hybridized carbons (Fsp3) is 0.269. The quantitative estimate of drug-likeness (QED) is 0.363. The summed E-state index contributed by atoms with van der Waals surface area (Å²) in [5.74, 6) is 0.667. The summed E-state index contributed by atoms with van der Waals surface area (Å²) in [4.78, 5) is 26.8. The van der Waals surface area contributed by atoms with E-state index in [9.17, 15) is 14.9 Å². The third kappa shape index (κ3) is 5.02. The summed E-state index contributed by atoms with van der Waals surface area (Å²) in [7, 11) is 1.77. The maximum Gasteiger partial charge on any atom is 0.278 e. The Morgan fingerprint density at radius 1 is 1.06 bits per heavy atom. The van der Waals surface area contributed by atoms with Gasteiger partial charge >= 0.3 is 0 Å². The number of benzene rings is 3. The van der Waals surface area contributed by atoms with Gasteiger partial charge in [-0.05, 0) is 42.3 Å². The van der Waals surface area contributed by atoms with E-state index in [-0.39, 0.29) is 24.0 Å². The molecule has 0 saturated heterocycles. The third-order valence-electron chi connectivity index (χ3n) is 5.82. The van der Waals surface area contributed by atoms with Crippen molar-refractivity contribution in [2.45, 2.75) is 32.4 Å². The van der Waals surface area contributed by atoms with Gasteiger partial charge in [-0.25, -0.2) is 0 Å². The van der Waals surface area contributed by atoms with Crippen molar-refractivity contribution in [3.05, 3.63) is 93.5 Å². The average molecular weight is 462 g/mol. The monoisotopic (exact) mass is 461 g/mol. The van der Waals surface area contributed by atoms with Crippen LogP contribution in [0.4, 0.5) is 11.4 Å². The highest BCUT2D eigenvalue weighted by Gasteiger charge is 2.34. The lowest BCUT2D eigenvalue weighted by molar-refractivity contribution is -0.385. The highest BCUT2D eigenvalue weighted by atomic mass is 16.7. The van der Waals surface area contributed by atoms with Crippen LogP contribution in [-0.2, 0) is 11.3 Å². The number of nitrogens with one attached hydrogen (secondary N) is 1. The Kier molecular flexibility index (Phi) is 6.79. The molecule has 176 valence electrons. The largest absolute Gasteiger partial charge is 0.454 e. The molecule has 0 bridgehead atoms. The van der Waals surface area contributed by atoms with Gasteiger partial charge in [0.1, 0.15) is 6.04 Å². The molecule has 0 spiro atoms. The first-order valence-corrected chi connectivity index (χ1v) is 11.1. The Bertz CT molecular complexity index is 1180. The van der Waals surface area contributed by atoms with E-state index in [1.807, 2.05) is 54.6 Å². The third-order valence-corrected chi connectivity index (χ3v) is 5.82. The first-order chi connectivity index (χ1) is 16.3. The Labute approximate surface area is 198 Å². The van der Waals surface area contributed by atoms with Crippen molar-refractivity contribution in [3.63, 3.8) is 0 Å². The van der Waals surface area contributed by atoms with Gasteiger partial charge in [-0.1, -0.05) is 56.3 Å². The van der Waals surface area contributed by atoms with Crippen LogP contribution in [0.25, 0.3) is 0 Å². The van der Waals surface area contributed by atoms with E-state index in [1.54, 1.807) is 11.9 Å². The van der Waals surface area contributed by atoms with Gasteiger partial charge < -0.3 is 14.8 Å². The van der Waals surface area contributed by atoms with Crippen LogP contribution in [0.3, 0.4) is 0 Å². The molecule has 1 atom stereocenters. The van der Waals surface area contributed by atoms with Crippen molar-refractivity contribution in [1.82, 2.24) is 4.90 Å². The molecule has 1 aliphatic heterocycles. The molecule has 0 saturated carbocycles. The van der Waals surface area contributed by atoms with Gasteiger partial charge in [0.25, 0.3) is 5.69 Å². The lowest BCUT2D eigenvalue weighted by atomic mass is 10.00. The fourth-order valence-corrected chi connectivity index (χ4v) is 4.03. The summed E-state index contributed by atoms with van der Waals surface area (Å²) in [5.41, 5.74) is 2.80. The number of nitrogens with zero attached hydrogens (tertiary/aromatic N) is 2. The Morgan fingerprint density at radius 2 is 1.71 bits per heavy atom. The number of anilines is 1. The lowest BCUT2D eigenvalue weighted by Crippen LogP contribution is -2.35. The summed E-state index contributed by atoms with van der Waals surface area (Å²) in [6.45, 7) is 4.59. The van der Waals surface area contributed by atoms with Crippen molar-refractivity contribution < 1.29 is 19.2 Å². The molecular weight excluding hydrogens is 434 g/mol. The van der Waals surface area contributed by atoms with Crippen LogP contribution in [0.5, 0.6) is 11.5 Å². The van der Waals surface area contributed by atoms with Crippen molar-refractivity contribution in [2.24, 2.45) is 0 Å². The van der Waals surface area contributed by atoms with Gasteiger partial charge in [0, 0.05) is 12.2 Å². The minimum atomic E-state index is -0.945. The molecule has 8 heteroatoms. The van der Waals surface area contributed by atoms with Crippen molar-refractivity contribution in [1.29, 1.82) is 0 Å². The van der Waals surface area contributed by atoms with E-state index in [0.717, 1.165) is 11.1 Å². The zero-order valence-corrected chi connectivity index (χ0v) is 19.4. The number of likely N-dealkylation sites (N-methyl/N-ethyl adjacent to an activating group) is 1. The summed E-state index contributed by atoms with van der Waals surface area (Å²) in [5, 5.41) is 14.9. The minimum Gasteiger partial charge on any atom is -0.454 e. The smallest absolute Gasteiger partial charge is 0.278 e. The molecule has 1 aliphatic rings. The molecule has 3 aromatic carbocycles. The van der Waals surface area contributed by atoms with Gasteiger partial charge in [-0.3, -0.25) is 19.8 Å². The summed E-state index contributed by atoms with van der Waals surface area (Å²) in [6.07, 6.45) is 0. The second kappa shape index (κ2) is 9.93. The summed E-state index contributed by atoms with van der Waals surface area (Å²) < 4.78 is 10.8. The maximum absolute atomic E-state index is 13.6. The van der Waals surface area contributed by atoms with Gasteiger partial charge in [-0.15, -0.1) is 0 Å². The van der Waals surface area contributed by atoms with Crippen LogP contribution in [0.2, 0.25) is 0 Å². The van der Waals surface area contributed by atoms with E-state index >= 15 is 0 Å². The van der Waals surface area contributed by atoms with Crippen LogP contribution >= 0.6 is 0 Å². The molecule has 0 aliphatic carbocycles. The number of carbonyl (C=O) groups excluding carboxylic acids is 1. The van der Waals surface area contributed by atoms with E-state index in [1.165, 1.54) is 12.1 Å². The van der Waals surface area contributed by atoms with Gasteiger partial charge in [0.2, 0.25) is 12.7 Å². The molecule has 0 fully saturated rings. The molecule has 1 amide bonds. The topological polar surface area (TPSA) is 93.9 Å². The van der Waals surface area contributed by atoms with E-state index in [0.29, 0.717) is 29.6 Å². The molecule has 8 nitrogen and oxygen atoms in total. The summed E-state index contributed by atoms with van der Waals surface area (Å²) >= 11 is 0. The minimum absolute atomic E-state index is 0.0190. The molecule has 3 aromatic rings. The van der Waals surface area contributed by atoms with Crippen LogP contribution in [0.15, 0.2) is 66.7 Å². The van der Waals surface area contributed by atoms with Gasteiger partial charge in [0.15, 0.2) is 11.5 Å².